The van der Waals surface area contributed by atoms with Gasteiger partial charge in [-0.3, -0.25) is 4.98 Å². The van der Waals surface area contributed by atoms with Crippen molar-refractivity contribution in [1.82, 2.24) is 10.3 Å². The normalized spacial score (nSPS) is 12.4. The second kappa shape index (κ2) is 5.55. The third-order valence-corrected chi connectivity index (χ3v) is 2.77. The molecule has 2 rings (SSSR count). The summed E-state index contributed by atoms with van der Waals surface area (Å²) in [6, 6.07) is 10.6. The van der Waals surface area contributed by atoms with Gasteiger partial charge in [0.1, 0.15) is 5.82 Å². The minimum atomic E-state index is -0.205. The third kappa shape index (κ3) is 2.88. The van der Waals surface area contributed by atoms with E-state index in [-0.39, 0.29) is 11.7 Å². The molecule has 3 heteroatoms. The lowest BCUT2D eigenvalue weighted by atomic mass is 9.92. The molecule has 0 saturated heterocycles. The maximum absolute atomic E-state index is 12.9. The van der Waals surface area contributed by atoms with Crippen molar-refractivity contribution in [3.05, 3.63) is 65.7 Å². The van der Waals surface area contributed by atoms with Crippen molar-refractivity contribution < 1.29 is 4.39 Å². The maximum atomic E-state index is 12.9. The van der Waals surface area contributed by atoms with Gasteiger partial charge in [-0.15, -0.1) is 0 Å². The number of hydrogen-bond donors (Lipinski definition) is 1. The lowest BCUT2D eigenvalue weighted by Crippen LogP contribution is -2.18. The Labute approximate surface area is 101 Å². The van der Waals surface area contributed by atoms with Crippen molar-refractivity contribution in [3.8, 4) is 0 Å². The van der Waals surface area contributed by atoms with Gasteiger partial charge in [-0.1, -0.05) is 18.2 Å². The largest absolute Gasteiger partial charge is 0.319 e. The van der Waals surface area contributed by atoms with Crippen molar-refractivity contribution >= 4 is 0 Å². The first-order chi connectivity index (χ1) is 8.31. The highest BCUT2D eigenvalue weighted by molar-refractivity contribution is 5.31. The molecule has 0 radical (unpaired) electrons. The van der Waals surface area contributed by atoms with Crippen molar-refractivity contribution in [2.75, 3.05) is 13.6 Å². The van der Waals surface area contributed by atoms with Gasteiger partial charge in [0.2, 0.25) is 0 Å². The lowest BCUT2D eigenvalue weighted by Gasteiger charge is -2.17. The summed E-state index contributed by atoms with van der Waals surface area (Å²) >= 11 is 0. The number of aromatic nitrogens is 1. The fourth-order valence-electron chi connectivity index (χ4n) is 1.91. The molecule has 1 unspecified atom stereocenters. The molecule has 2 aromatic rings. The molecule has 0 bridgehead atoms. The van der Waals surface area contributed by atoms with Crippen LogP contribution in [0.5, 0.6) is 0 Å². The number of halogens is 1. The first-order valence-electron chi connectivity index (χ1n) is 5.61. The summed E-state index contributed by atoms with van der Waals surface area (Å²) in [4.78, 5) is 4.13. The molecule has 1 aromatic carbocycles. The standard InChI is InChI=1S/C14H15FN2/c1-16-10-14(12-3-2-8-17-9-12)11-4-6-13(15)7-5-11/h2-9,14,16H,10H2,1H3. The van der Waals surface area contributed by atoms with E-state index in [1.54, 1.807) is 6.20 Å². The minimum absolute atomic E-state index is 0.203. The zero-order chi connectivity index (χ0) is 12.1. The summed E-state index contributed by atoms with van der Waals surface area (Å²) in [5, 5.41) is 3.16. The van der Waals surface area contributed by atoms with Gasteiger partial charge in [0, 0.05) is 24.9 Å². The van der Waals surface area contributed by atoms with E-state index in [1.165, 1.54) is 12.1 Å². The van der Waals surface area contributed by atoms with Crippen LogP contribution in [-0.4, -0.2) is 18.6 Å². The summed E-state index contributed by atoms with van der Waals surface area (Å²) < 4.78 is 12.9. The smallest absolute Gasteiger partial charge is 0.123 e. The summed E-state index contributed by atoms with van der Waals surface area (Å²) in [5.41, 5.74) is 2.22. The van der Waals surface area contributed by atoms with Crippen LogP contribution in [0.25, 0.3) is 0 Å². The van der Waals surface area contributed by atoms with Gasteiger partial charge in [0.15, 0.2) is 0 Å². The van der Waals surface area contributed by atoms with E-state index < -0.39 is 0 Å². The fraction of sp³-hybridized carbons (Fsp3) is 0.214. The summed E-state index contributed by atoms with van der Waals surface area (Å²) in [6.45, 7) is 0.803. The molecule has 17 heavy (non-hydrogen) atoms. The monoisotopic (exact) mass is 230 g/mol. The highest BCUT2D eigenvalue weighted by Gasteiger charge is 2.13. The van der Waals surface area contributed by atoms with E-state index in [9.17, 15) is 4.39 Å². The van der Waals surface area contributed by atoms with Crippen LogP contribution in [-0.2, 0) is 0 Å². The Morgan fingerprint density at radius 3 is 2.53 bits per heavy atom. The number of hydrogen-bond acceptors (Lipinski definition) is 2. The zero-order valence-corrected chi connectivity index (χ0v) is 9.73. The SMILES string of the molecule is CNCC(c1ccc(F)cc1)c1cccnc1. The Morgan fingerprint density at radius 2 is 1.94 bits per heavy atom. The van der Waals surface area contributed by atoms with Gasteiger partial charge >= 0.3 is 0 Å². The zero-order valence-electron chi connectivity index (χ0n) is 9.73. The van der Waals surface area contributed by atoms with Crippen LogP contribution >= 0.6 is 0 Å². The number of likely N-dealkylation sites (N-methyl/N-ethyl adjacent to an activating group) is 1. The summed E-state index contributed by atoms with van der Waals surface area (Å²) in [7, 11) is 1.91. The molecule has 0 aliphatic carbocycles. The van der Waals surface area contributed by atoms with Crippen molar-refractivity contribution in [1.29, 1.82) is 0 Å². The highest BCUT2D eigenvalue weighted by atomic mass is 19.1. The first-order valence-corrected chi connectivity index (χ1v) is 5.61. The molecule has 2 nitrogen and oxygen atoms in total. The van der Waals surface area contributed by atoms with Crippen LogP contribution in [0.3, 0.4) is 0 Å². The number of rotatable bonds is 4. The molecular weight excluding hydrogens is 215 g/mol. The first kappa shape index (κ1) is 11.7. The average molecular weight is 230 g/mol. The molecule has 0 aliphatic rings. The maximum Gasteiger partial charge on any atom is 0.123 e. The number of nitrogens with zero attached hydrogens (tertiary/aromatic N) is 1. The molecule has 0 fully saturated rings. The van der Waals surface area contributed by atoms with Crippen LogP contribution in [0.4, 0.5) is 4.39 Å². The van der Waals surface area contributed by atoms with Crippen molar-refractivity contribution in [2.45, 2.75) is 5.92 Å². The fourth-order valence-corrected chi connectivity index (χ4v) is 1.91. The van der Waals surface area contributed by atoms with Crippen LogP contribution in [0.1, 0.15) is 17.0 Å². The van der Waals surface area contributed by atoms with Gasteiger partial charge in [0.25, 0.3) is 0 Å². The third-order valence-electron chi connectivity index (χ3n) is 2.77. The van der Waals surface area contributed by atoms with Crippen LogP contribution in [0.2, 0.25) is 0 Å². The highest BCUT2D eigenvalue weighted by Crippen LogP contribution is 2.23. The van der Waals surface area contributed by atoms with E-state index in [2.05, 4.69) is 10.3 Å². The molecule has 0 amide bonds. The van der Waals surface area contributed by atoms with Gasteiger partial charge < -0.3 is 5.32 Å². The second-order valence-corrected chi connectivity index (χ2v) is 3.95. The topological polar surface area (TPSA) is 24.9 Å². The van der Waals surface area contributed by atoms with Crippen LogP contribution in [0, 0.1) is 5.82 Å². The Bertz CT molecular complexity index is 453. The van der Waals surface area contributed by atoms with Crippen molar-refractivity contribution in [2.24, 2.45) is 0 Å². The van der Waals surface area contributed by atoms with Gasteiger partial charge in [-0.05, 0) is 36.4 Å². The molecular formula is C14H15FN2. The van der Waals surface area contributed by atoms with Gasteiger partial charge in [0.05, 0.1) is 0 Å². The van der Waals surface area contributed by atoms with E-state index in [1.807, 2.05) is 37.5 Å². The van der Waals surface area contributed by atoms with Crippen LogP contribution < -0.4 is 5.32 Å². The Morgan fingerprint density at radius 1 is 1.18 bits per heavy atom. The number of nitrogens with one attached hydrogen (secondary N) is 1. The number of benzene rings is 1. The molecule has 1 N–H and O–H groups in total. The molecule has 0 saturated carbocycles. The van der Waals surface area contributed by atoms with Gasteiger partial charge in [-0.2, -0.15) is 0 Å². The predicted molar refractivity (Wildman–Crippen MR) is 66.4 cm³/mol. The molecule has 1 heterocycles. The Kier molecular flexibility index (Phi) is 3.83. The van der Waals surface area contributed by atoms with Gasteiger partial charge in [-0.25, -0.2) is 4.39 Å². The molecule has 0 spiro atoms. The predicted octanol–water partition coefficient (Wildman–Crippen LogP) is 2.57. The van der Waals surface area contributed by atoms with E-state index in [0.717, 1.165) is 17.7 Å². The van der Waals surface area contributed by atoms with Crippen LogP contribution in [0.15, 0.2) is 48.8 Å². The molecule has 88 valence electrons. The average Bonchev–Trinajstić information content (AvgIpc) is 2.38. The molecule has 0 aliphatic heterocycles. The lowest BCUT2D eigenvalue weighted by molar-refractivity contribution is 0.625. The van der Waals surface area contributed by atoms with E-state index in [0.29, 0.717) is 0 Å². The quantitative estimate of drug-likeness (QED) is 0.873. The van der Waals surface area contributed by atoms with Crippen molar-refractivity contribution in [3.63, 3.8) is 0 Å². The number of pyridine rings is 1. The Hall–Kier alpha value is -1.74. The Balaban J connectivity index is 2.32. The molecule has 1 atom stereocenters. The second-order valence-electron chi connectivity index (χ2n) is 3.95. The van der Waals surface area contributed by atoms with E-state index in [4.69, 9.17) is 0 Å². The summed E-state index contributed by atoms with van der Waals surface area (Å²) in [5.74, 6) is -0.00237. The molecule has 1 aromatic heterocycles. The van der Waals surface area contributed by atoms with E-state index >= 15 is 0 Å². The minimum Gasteiger partial charge on any atom is -0.319 e. The summed E-state index contributed by atoms with van der Waals surface area (Å²) in [6.07, 6.45) is 3.61.